The number of amides is 2. The van der Waals surface area contributed by atoms with Gasteiger partial charge in [-0.3, -0.25) is 9.59 Å². The van der Waals surface area contributed by atoms with E-state index in [1.807, 2.05) is 54.6 Å². The number of hydrogen-bond donors (Lipinski definition) is 4. The van der Waals surface area contributed by atoms with Gasteiger partial charge in [-0.05, 0) is 79.3 Å². The molecule has 3 aromatic rings. The molecule has 0 saturated heterocycles. The summed E-state index contributed by atoms with van der Waals surface area (Å²) >= 11 is 5.09. The second-order valence-corrected chi connectivity index (χ2v) is 11.2. The van der Waals surface area contributed by atoms with E-state index in [9.17, 15) is 9.59 Å². The highest BCUT2D eigenvalue weighted by molar-refractivity contribution is 9.10. The van der Waals surface area contributed by atoms with Crippen molar-refractivity contribution in [3.05, 3.63) is 81.8 Å². The third kappa shape index (κ3) is 7.17. The number of likely N-dealkylation sites (N-methyl/N-ethyl adjacent to an activating group) is 1. The Kier molecular flexibility index (Phi) is 10.1. The third-order valence-corrected chi connectivity index (χ3v) is 8.07. The number of aliphatic imine (C=N–C) groups is 1. The van der Waals surface area contributed by atoms with Gasteiger partial charge < -0.3 is 26.0 Å². The third-order valence-electron chi connectivity index (χ3n) is 6.72. The van der Waals surface area contributed by atoms with Crippen LogP contribution in [0.1, 0.15) is 46.7 Å². The molecule has 5 N–H and O–H groups in total. The Morgan fingerprint density at radius 2 is 1.77 bits per heavy atom. The Labute approximate surface area is 248 Å². The number of hydrogen-bond acceptors (Lipinski definition) is 7. The first-order valence-corrected chi connectivity index (χ1v) is 15.2. The van der Waals surface area contributed by atoms with Crippen molar-refractivity contribution >= 4 is 68.2 Å². The highest BCUT2D eigenvalue weighted by atomic mass is 79.9. The van der Waals surface area contributed by atoms with Crippen molar-refractivity contribution < 1.29 is 9.59 Å². The predicted octanol–water partition coefficient (Wildman–Crippen LogP) is 5.72. The smallest absolute Gasteiger partial charge is 0.270 e. The average molecular weight is 624 g/mol. The van der Waals surface area contributed by atoms with Gasteiger partial charge in [0.25, 0.3) is 11.8 Å². The fraction of sp³-hybridized carbons (Fsp3) is 0.300. The van der Waals surface area contributed by atoms with Crippen LogP contribution in [0, 0.1) is 0 Å². The van der Waals surface area contributed by atoms with Crippen LogP contribution in [0.25, 0.3) is 0 Å². The molecule has 0 bridgehead atoms. The molecule has 0 spiro atoms. The molecule has 0 heterocycles. The molecule has 4 rings (SSSR count). The zero-order valence-corrected chi connectivity index (χ0v) is 25.4. The molecule has 2 amide bonds. The number of nitrogens with zero attached hydrogens (tertiary/aromatic N) is 2. The Morgan fingerprint density at radius 1 is 1.05 bits per heavy atom. The molecule has 1 saturated carbocycles. The highest BCUT2D eigenvalue weighted by Gasteiger charge is 2.30. The SMILES string of the molecule is CNC(=O)C(=Nc1ccc(Br)cc1)c1cc(C2CC2)c(N(CCCNc2ccccc2C(=O)NC)SC)cc1N. The second kappa shape index (κ2) is 13.7. The minimum atomic E-state index is -0.283. The van der Waals surface area contributed by atoms with E-state index in [2.05, 4.69) is 53.5 Å². The van der Waals surface area contributed by atoms with E-state index in [0.29, 0.717) is 40.7 Å². The van der Waals surface area contributed by atoms with E-state index in [-0.39, 0.29) is 11.8 Å². The molecule has 3 aromatic carbocycles. The van der Waals surface area contributed by atoms with Crippen molar-refractivity contribution in [3.8, 4) is 0 Å². The van der Waals surface area contributed by atoms with Crippen LogP contribution in [-0.2, 0) is 4.79 Å². The van der Waals surface area contributed by atoms with Gasteiger partial charge in [0, 0.05) is 54.9 Å². The lowest BCUT2D eigenvalue weighted by Gasteiger charge is -2.26. The minimum absolute atomic E-state index is 0.113. The van der Waals surface area contributed by atoms with Crippen LogP contribution >= 0.6 is 27.9 Å². The first-order valence-electron chi connectivity index (χ1n) is 13.2. The lowest BCUT2D eigenvalue weighted by molar-refractivity contribution is -0.114. The summed E-state index contributed by atoms with van der Waals surface area (Å²) < 4.78 is 3.20. The quantitative estimate of drug-likeness (QED) is 0.0889. The van der Waals surface area contributed by atoms with Gasteiger partial charge in [0.15, 0.2) is 0 Å². The standard InChI is InChI=1S/C30H35BrN6O2S/c1-33-29(38)22-7-4-5-8-26(22)35-15-6-16-37(40-3)27-18-25(32)24(17-23(27)19-9-10-19)28(30(39)34-2)36-21-13-11-20(31)12-14-21/h4-5,7-8,11-14,17-19,35H,6,9-10,15-16,32H2,1-3H3,(H,33,38)(H,34,39). The number of para-hydroxylation sites is 1. The molecule has 210 valence electrons. The van der Waals surface area contributed by atoms with Gasteiger partial charge in [0.05, 0.1) is 16.9 Å². The molecule has 0 unspecified atom stereocenters. The van der Waals surface area contributed by atoms with Crippen LogP contribution in [0.2, 0.25) is 0 Å². The van der Waals surface area contributed by atoms with Gasteiger partial charge in [-0.25, -0.2) is 4.99 Å². The number of benzene rings is 3. The molecule has 1 aliphatic rings. The molecule has 8 nitrogen and oxygen atoms in total. The summed E-state index contributed by atoms with van der Waals surface area (Å²) in [7, 11) is 3.23. The number of anilines is 3. The average Bonchev–Trinajstić information content (AvgIpc) is 3.82. The van der Waals surface area contributed by atoms with Crippen molar-refractivity contribution in [3.63, 3.8) is 0 Å². The summed E-state index contributed by atoms with van der Waals surface area (Å²) in [6, 6.07) is 19.0. The normalized spacial score (nSPS) is 13.1. The van der Waals surface area contributed by atoms with E-state index in [1.54, 1.807) is 26.0 Å². The number of halogens is 1. The molecule has 0 atom stereocenters. The zero-order valence-electron chi connectivity index (χ0n) is 23.0. The van der Waals surface area contributed by atoms with Gasteiger partial charge in [-0.15, -0.1) is 0 Å². The molecule has 0 aromatic heterocycles. The monoisotopic (exact) mass is 622 g/mol. The maximum atomic E-state index is 12.9. The number of nitrogen functional groups attached to an aromatic ring is 1. The molecule has 1 aliphatic carbocycles. The lowest BCUT2D eigenvalue weighted by Crippen LogP contribution is -2.29. The summed E-state index contributed by atoms with van der Waals surface area (Å²) in [5, 5.41) is 8.81. The Bertz CT molecular complexity index is 1390. The Morgan fingerprint density at radius 3 is 2.42 bits per heavy atom. The maximum absolute atomic E-state index is 12.9. The van der Waals surface area contributed by atoms with Gasteiger partial charge in [0.2, 0.25) is 0 Å². The largest absolute Gasteiger partial charge is 0.398 e. The molecule has 10 heteroatoms. The van der Waals surface area contributed by atoms with Gasteiger partial charge in [-0.2, -0.15) is 0 Å². The second-order valence-electron chi connectivity index (χ2n) is 9.48. The summed E-state index contributed by atoms with van der Waals surface area (Å²) in [5.41, 5.74) is 12.4. The summed E-state index contributed by atoms with van der Waals surface area (Å²) in [4.78, 5) is 29.8. The predicted molar refractivity (Wildman–Crippen MR) is 171 cm³/mol. The maximum Gasteiger partial charge on any atom is 0.270 e. The molecule has 40 heavy (non-hydrogen) atoms. The number of rotatable bonds is 12. The minimum Gasteiger partial charge on any atom is -0.398 e. The van der Waals surface area contributed by atoms with E-state index in [0.717, 1.165) is 41.7 Å². The highest BCUT2D eigenvalue weighted by Crippen LogP contribution is 2.47. The van der Waals surface area contributed by atoms with Crippen LogP contribution in [0.15, 0.2) is 70.1 Å². The number of carbonyl (C=O) groups excluding carboxylic acids is 2. The number of nitrogens with one attached hydrogen (secondary N) is 3. The lowest BCUT2D eigenvalue weighted by atomic mass is 9.98. The van der Waals surface area contributed by atoms with Gasteiger partial charge >= 0.3 is 0 Å². The van der Waals surface area contributed by atoms with E-state index in [4.69, 9.17) is 5.73 Å². The first kappa shape index (κ1) is 29.5. The fourth-order valence-corrected chi connectivity index (χ4v) is 5.42. The van der Waals surface area contributed by atoms with E-state index in [1.165, 1.54) is 5.56 Å². The summed E-state index contributed by atoms with van der Waals surface area (Å²) in [5.74, 6) is 0.0346. The van der Waals surface area contributed by atoms with Crippen molar-refractivity contribution in [2.24, 2.45) is 4.99 Å². The van der Waals surface area contributed by atoms with Crippen LogP contribution in [0.3, 0.4) is 0 Å². The summed E-state index contributed by atoms with van der Waals surface area (Å²) in [6.07, 6.45) is 5.12. The Hall–Kier alpha value is -3.50. The van der Waals surface area contributed by atoms with Crippen LogP contribution in [0.4, 0.5) is 22.7 Å². The summed E-state index contributed by atoms with van der Waals surface area (Å²) in [6.45, 7) is 1.49. The van der Waals surface area contributed by atoms with Crippen molar-refractivity contribution in [2.75, 3.05) is 48.8 Å². The van der Waals surface area contributed by atoms with Gasteiger partial charge in [-0.1, -0.05) is 40.0 Å². The van der Waals surface area contributed by atoms with Gasteiger partial charge in [0.1, 0.15) is 5.71 Å². The zero-order chi connectivity index (χ0) is 28.6. The molecular weight excluding hydrogens is 588 g/mol. The molecular formula is C30H35BrN6O2S. The van der Waals surface area contributed by atoms with Crippen molar-refractivity contribution in [1.29, 1.82) is 0 Å². The Balaban J connectivity index is 1.56. The first-order chi connectivity index (χ1) is 19.4. The molecule has 1 fully saturated rings. The fourth-order valence-electron chi connectivity index (χ4n) is 4.49. The van der Waals surface area contributed by atoms with E-state index < -0.39 is 0 Å². The van der Waals surface area contributed by atoms with Crippen LogP contribution in [0.5, 0.6) is 0 Å². The molecule has 0 radical (unpaired) electrons. The van der Waals surface area contributed by atoms with E-state index >= 15 is 0 Å². The van der Waals surface area contributed by atoms with Crippen LogP contribution < -0.4 is 26.0 Å². The molecule has 0 aliphatic heterocycles. The van der Waals surface area contributed by atoms with Crippen molar-refractivity contribution in [2.45, 2.75) is 25.2 Å². The van der Waals surface area contributed by atoms with Crippen LogP contribution in [-0.4, -0.2) is 51.0 Å². The topological polar surface area (TPSA) is 112 Å². The number of carbonyl (C=O) groups is 2. The number of nitrogens with two attached hydrogens (primary N) is 1. The van der Waals surface area contributed by atoms with Crippen molar-refractivity contribution in [1.82, 2.24) is 10.6 Å².